The van der Waals surface area contributed by atoms with Crippen LogP contribution in [-0.2, 0) is 26.8 Å². The molecular formula is C30H37FN6O4S. The number of pyridine rings is 3. The van der Waals surface area contributed by atoms with Crippen molar-refractivity contribution in [2.75, 3.05) is 18.5 Å². The maximum atomic E-state index is 14.9. The van der Waals surface area contributed by atoms with E-state index >= 15 is 0 Å². The molecule has 2 atom stereocenters. The van der Waals surface area contributed by atoms with Gasteiger partial charge in [0.1, 0.15) is 11.4 Å². The lowest BCUT2D eigenvalue weighted by atomic mass is 9.91. The summed E-state index contributed by atoms with van der Waals surface area (Å²) in [6, 6.07) is 11.3. The van der Waals surface area contributed by atoms with Crippen molar-refractivity contribution in [1.82, 2.24) is 25.0 Å². The molecule has 1 amide bonds. The normalized spacial score (nSPS) is 20.0. The molecule has 3 aromatic rings. The Hall–Kier alpha value is -3.48. The van der Waals surface area contributed by atoms with Gasteiger partial charge in [-0.1, -0.05) is 12.1 Å². The van der Waals surface area contributed by atoms with Crippen LogP contribution in [0, 0.1) is 11.9 Å². The highest BCUT2D eigenvalue weighted by atomic mass is 32.2. The Labute approximate surface area is 246 Å². The van der Waals surface area contributed by atoms with Crippen LogP contribution in [0.3, 0.4) is 0 Å². The highest BCUT2D eigenvalue weighted by molar-refractivity contribution is 7.90. The number of aromatic nitrogens is 3. The highest BCUT2D eigenvalue weighted by Crippen LogP contribution is 2.33. The van der Waals surface area contributed by atoms with Gasteiger partial charge in [-0.25, -0.2) is 14.7 Å². The second-order valence-electron chi connectivity index (χ2n) is 12.1. The summed E-state index contributed by atoms with van der Waals surface area (Å²) in [4.78, 5) is 25.7. The number of anilines is 1. The van der Waals surface area contributed by atoms with Gasteiger partial charge < -0.3 is 15.4 Å². The smallest absolute Gasteiger partial charge is 0.281 e. The molecule has 1 unspecified atom stereocenters. The van der Waals surface area contributed by atoms with Crippen LogP contribution in [0.2, 0.25) is 0 Å². The Morgan fingerprint density at radius 1 is 1.17 bits per heavy atom. The average Bonchev–Trinajstić information content (AvgIpc) is 3.29. The van der Waals surface area contributed by atoms with E-state index in [2.05, 4.69) is 39.4 Å². The monoisotopic (exact) mass is 596 g/mol. The fourth-order valence-electron chi connectivity index (χ4n) is 5.71. The zero-order valence-corrected chi connectivity index (χ0v) is 25.1. The predicted octanol–water partition coefficient (Wildman–Crippen LogP) is 4.26. The summed E-state index contributed by atoms with van der Waals surface area (Å²) in [6.45, 7) is 9.24. The van der Waals surface area contributed by atoms with Gasteiger partial charge in [-0.05, 0) is 102 Å². The number of rotatable bonds is 9. The van der Waals surface area contributed by atoms with Gasteiger partial charge in [-0.15, -0.1) is 0 Å². The van der Waals surface area contributed by atoms with E-state index in [0.29, 0.717) is 36.0 Å². The van der Waals surface area contributed by atoms with Crippen molar-refractivity contribution in [1.29, 1.82) is 0 Å². The fraction of sp³-hybridized carbons (Fsp3) is 0.467. The number of nitrogens with zero attached hydrogens (tertiary/aromatic N) is 3. The summed E-state index contributed by atoms with van der Waals surface area (Å²) in [7, 11) is -4.42. The molecule has 5 rings (SSSR count). The maximum absolute atomic E-state index is 14.9. The molecular weight excluding hydrogens is 559 g/mol. The predicted molar refractivity (Wildman–Crippen MR) is 156 cm³/mol. The molecule has 2 aliphatic heterocycles. The first-order chi connectivity index (χ1) is 19.8. The molecule has 0 spiro atoms. The van der Waals surface area contributed by atoms with E-state index in [-0.39, 0.29) is 16.6 Å². The summed E-state index contributed by atoms with van der Waals surface area (Å²) in [5.74, 6) is -1.36. The molecule has 224 valence electrons. The standard InChI is InChI=1S/C30H37FN6O4S/c1-29(2)17-19(18-33-29)11-12-23(22-8-5-6-14-32-22)34-24-9-7-10-25(35-24)42(39,40)37-28(38)21-16-20-13-15-41-30(3,4)26(20)36-27(21)31/h5-10,14,16,19,23,33H,11-13,15,17-18H2,1-4H3,(H,34,35)(H,37,38)/t19-,23?/m0/s1. The van der Waals surface area contributed by atoms with Gasteiger partial charge in [-0.2, -0.15) is 12.8 Å². The van der Waals surface area contributed by atoms with Gasteiger partial charge in [0, 0.05) is 11.7 Å². The number of fused-ring (bicyclic) bond motifs is 1. The van der Waals surface area contributed by atoms with E-state index in [9.17, 15) is 17.6 Å². The molecule has 2 aliphatic rings. The van der Waals surface area contributed by atoms with Crippen LogP contribution in [0.15, 0.2) is 53.7 Å². The Morgan fingerprint density at radius 3 is 2.69 bits per heavy atom. The van der Waals surface area contributed by atoms with Gasteiger partial charge >= 0.3 is 0 Å². The van der Waals surface area contributed by atoms with E-state index in [1.165, 1.54) is 18.2 Å². The Balaban J connectivity index is 1.32. The first-order valence-electron chi connectivity index (χ1n) is 14.1. The van der Waals surface area contributed by atoms with Crippen molar-refractivity contribution in [2.24, 2.45) is 5.92 Å². The SMILES string of the molecule is CC1(C)C[C@H](CCC(Nc2cccc(S(=O)(=O)NC(=O)c3cc4c(nc3F)C(C)(C)OCC4)n2)c2ccccn2)CN1. The zero-order valence-electron chi connectivity index (χ0n) is 24.3. The largest absolute Gasteiger partial charge is 0.369 e. The zero-order chi connectivity index (χ0) is 30.1. The minimum Gasteiger partial charge on any atom is -0.369 e. The number of carbonyl (C=O) groups excluding carboxylic acids is 1. The van der Waals surface area contributed by atoms with Crippen LogP contribution in [0.4, 0.5) is 10.2 Å². The van der Waals surface area contributed by atoms with Crippen LogP contribution in [-0.4, -0.2) is 48.0 Å². The van der Waals surface area contributed by atoms with Crippen molar-refractivity contribution in [3.05, 3.63) is 77.1 Å². The number of carbonyl (C=O) groups is 1. The number of amides is 1. The lowest BCUT2D eigenvalue weighted by Crippen LogP contribution is -2.35. The molecule has 3 aromatic heterocycles. The molecule has 0 bridgehead atoms. The van der Waals surface area contributed by atoms with E-state index in [0.717, 1.165) is 31.5 Å². The van der Waals surface area contributed by atoms with Crippen LogP contribution < -0.4 is 15.4 Å². The summed E-state index contributed by atoms with van der Waals surface area (Å²) >= 11 is 0. The molecule has 1 fully saturated rings. The summed E-state index contributed by atoms with van der Waals surface area (Å²) in [5.41, 5.74) is 0.679. The van der Waals surface area contributed by atoms with Crippen molar-refractivity contribution < 1.29 is 22.3 Å². The number of ether oxygens (including phenoxy) is 1. The van der Waals surface area contributed by atoms with Crippen LogP contribution in [0.1, 0.15) is 80.3 Å². The van der Waals surface area contributed by atoms with Crippen molar-refractivity contribution in [3.63, 3.8) is 0 Å². The van der Waals surface area contributed by atoms with Crippen molar-refractivity contribution in [2.45, 2.75) is 75.6 Å². The first kappa shape index (κ1) is 30.0. The van der Waals surface area contributed by atoms with Gasteiger partial charge in [0.05, 0.1) is 29.6 Å². The third-order valence-electron chi connectivity index (χ3n) is 7.83. The van der Waals surface area contributed by atoms with Gasteiger partial charge in [-0.3, -0.25) is 9.78 Å². The highest BCUT2D eigenvalue weighted by Gasteiger charge is 2.33. The van der Waals surface area contributed by atoms with E-state index in [1.807, 2.05) is 22.9 Å². The number of halogens is 1. The number of nitrogens with one attached hydrogen (secondary N) is 3. The summed E-state index contributed by atoms with van der Waals surface area (Å²) in [5, 5.41) is 6.51. The Bertz CT molecular complexity index is 1570. The Morgan fingerprint density at radius 2 is 1.98 bits per heavy atom. The number of hydrogen-bond acceptors (Lipinski definition) is 9. The molecule has 3 N–H and O–H groups in total. The van der Waals surface area contributed by atoms with Crippen molar-refractivity contribution >= 4 is 21.7 Å². The molecule has 0 saturated carbocycles. The minimum absolute atomic E-state index is 0.107. The van der Waals surface area contributed by atoms with Gasteiger partial charge in [0.15, 0.2) is 5.03 Å². The maximum Gasteiger partial charge on any atom is 0.281 e. The third-order valence-corrected chi connectivity index (χ3v) is 9.06. The van der Waals surface area contributed by atoms with Gasteiger partial charge in [0.25, 0.3) is 15.9 Å². The second kappa shape index (κ2) is 11.7. The molecule has 12 heteroatoms. The van der Waals surface area contributed by atoms with Crippen LogP contribution >= 0.6 is 0 Å². The quantitative estimate of drug-likeness (QED) is 0.310. The van der Waals surface area contributed by atoms with E-state index in [4.69, 9.17) is 4.74 Å². The van der Waals surface area contributed by atoms with Crippen LogP contribution in [0.25, 0.3) is 0 Å². The number of hydrogen-bond donors (Lipinski definition) is 3. The molecule has 42 heavy (non-hydrogen) atoms. The van der Waals surface area contributed by atoms with E-state index < -0.39 is 33.0 Å². The molecule has 0 aliphatic carbocycles. The van der Waals surface area contributed by atoms with Gasteiger partial charge in [0.2, 0.25) is 5.95 Å². The van der Waals surface area contributed by atoms with Crippen molar-refractivity contribution in [3.8, 4) is 0 Å². The third kappa shape index (κ3) is 6.77. The molecule has 1 saturated heterocycles. The minimum atomic E-state index is -4.42. The molecule has 0 radical (unpaired) electrons. The molecule has 0 aromatic carbocycles. The summed E-state index contributed by atoms with van der Waals surface area (Å²) in [6.07, 6.45) is 4.93. The summed E-state index contributed by atoms with van der Waals surface area (Å²) < 4.78 is 48.9. The second-order valence-corrected chi connectivity index (χ2v) is 13.7. The average molecular weight is 597 g/mol. The fourth-order valence-corrected chi connectivity index (χ4v) is 6.64. The Kier molecular flexibility index (Phi) is 8.32. The topological polar surface area (TPSA) is 135 Å². The molecule has 5 heterocycles. The molecule has 10 nitrogen and oxygen atoms in total. The lowest BCUT2D eigenvalue weighted by Gasteiger charge is -2.31. The first-order valence-corrected chi connectivity index (χ1v) is 15.6. The van der Waals surface area contributed by atoms with Crippen LogP contribution in [0.5, 0.6) is 0 Å². The lowest BCUT2D eigenvalue weighted by molar-refractivity contribution is -0.0357. The number of sulfonamides is 1. The van der Waals surface area contributed by atoms with E-state index in [1.54, 1.807) is 26.1 Å².